The first-order valence-corrected chi connectivity index (χ1v) is 4.72. The highest BCUT2D eigenvalue weighted by molar-refractivity contribution is 7.89. The summed E-state index contributed by atoms with van der Waals surface area (Å²) in [5, 5.41) is 4.28. The molecular formula is C5H14N2O2S. The van der Waals surface area contributed by atoms with Crippen molar-refractivity contribution < 1.29 is 8.42 Å². The van der Waals surface area contributed by atoms with Crippen molar-refractivity contribution in [2.45, 2.75) is 19.1 Å². The smallest absolute Gasteiger partial charge is 0.213 e. The molecule has 0 spiro atoms. The van der Waals surface area contributed by atoms with Crippen molar-refractivity contribution in [1.29, 1.82) is 0 Å². The summed E-state index contributed by atoms with van der Waals surface area (Å²) in [5.41, 5.74) is 5.20. The predicted molar refractivity (Wildman–Crippen MR) is 40.8 cm³/mol. The molecule has 0 radical (unpaired) electrons. The molecule has 0 saturated heterocycles. The van der Waals surface area contributed by atoms with Crippen LogP contribution in [0.5, 0.6) is 0 Å². The number of nitrogens with two attached hydrogens (primary N) is 2. The monoisotopic (exact) mass is 166 g/mol. The van der Waals surface area contributed by atoms with Gasteiger partial charge in [0, 0.05) is 6.54 Å². The van der Waals surface area contributed by atoms with E-state index in [4.69, 9.17) is 10.9 Å². The standard InChI is InChI=1S/C5H14N2O2S/c1-4(2)5(3-6)10(7,8)9/h4-5H,3,6H2,1-2H3,(H2,7,8,9)/t5-/m0/s1. The molecule has 0 saturated carbocycles. The molecule has 0 aromatic rings. The maximum Gasteiger partial charge on any atom is 0.213 e. The molecule has 0 fully saturated rings. The van der Waals surface area contributed by atoms with Crippen LogP contribution in [0.2, 0.25) is 0 Å². The fourth-order valence-corrected chi connectivity index (χ4v) is 1.81. The van der Waals surface area contributed by atoms with Crippen LogP contribution in [0.3, 0.4) is 0 Å². The van der Waals surface area contributed by atoms with E-state index in [1.165, 1.54) is 0 Å². The van der Waals surface area contributed by atoms with Gasteiger partial charge in [-0.15, -0.1) is 0 Å². The van der Waals surface area contributed by atoms with Gasteiger partial charge in [-0.2, -0.15) is 0 Å². The Morgan fingerprint density at radius 3 is 1.80 bits per heavy atom. The molecule has 0 aliphatic rings. The Hall–Kier alpha value is -0.130. The number of hydrogen-bond donors (Lipinski definition) is 2. The Morgan fingerprint density at radius 1 is 1.40 bits per heavy atom. The lowest BCUT2D eigenvalue weighted by Gasteiger charge is -2.15. The maximum absolute atomic E-state index is 10.7. The van der Waals surface area contributed by atoms with Crippen molar-refractivity contribution in [1.82, 2.24) is 0 Å². The molecule has 0 unspecified atom stereocenters. The molecule has 5 heteroatoms. The molecule has 0 amide bonds. The Bertz CT molecular complexity index is 186. The summed E-state index contributed by atoms with van der Waals surface area (Å²) in [6, 6.07) is 0. The number of sulfonamides is 1. The summed E-state index contributed by atoms with van der Waals surface area (Å²) in [4.78, 5) is 0. The molecule has 4 N–H and O–H groups in total. The molecule has 0 rings (SSSR count). The topological polar surface area (TPSA) is 86.2 Å². The fraction of sp³-hybridized carbons (Fsp3) is 1.00. The predicted octanol–water partition coefficient (Wildman–Crippen LogP) is -0.742. The molecule has 0 bridgehead atoms. The summed E-state index contributed by atoms with van der Waals surface area (Å²) in [5.74, 6) is -0.0139. The van der Waals surface area contributed by atoms with Gasteiger partial charge in [-0.1, -0.05) is 13.8 Å². The maximum atomic E-state index is 10.7. The van der Waals surface area contributed by atoms with Gasteiger partial charge in [0.25, 0.3) is 0 Å². The van der Waals surface area contributed by atoms with Gasteiger partial charge in [0.15, 0.2) is 0 Å². The summed E-state index contributed by atoms with van der Waals surface area (Å²) < 4.78 is 21.4. The fourth-order valence-electron chi connectivity index (χ4n) is 0.786. The van der Waals surface area contributed by atoms with Crippen molar-refractivity contribution in [3.8, 4) is 0 Å². The lowest BCUT2D eigenvalue weighted by atomic mass is 10.1. The van der Waals surface area contributed by atoms with Crippen molar-refractivity contribution >= 4 is 10.0 Å². The highest BCUT2D eigenvalue weighted by Gasteiger charge is 2.22. The van der Waals surface area contributed by atoms with Crippen molar-refractivity contribution in [3.05, 3.63) is 0 Å². The number of primary sulfonamides is 1. The second-order valence-electron chi connectivity index (χ2n) is 2.61. The van der Waals surface area contributed by atoms with E-state index >= 15 is 0 Å². The van der Waals surface area contributed by atoms with Crippen LogP contribution >= 0.6 is 0 Å². The van der Waals surface area contributed by atoms with Crippen LogP contribution in [0.4, 0.5) is 0 Å². The Morgan fingerprint density at radius 2 is 1.80 bits per heavy atom. The van der Waals surface area contributed by atoms with Gasteiger partial charge in [-0.25, -0.2) is 13.6 Å². The Labute approximate surface area is 61.6 Å². The highest BCUT2D eigenvalue weighted by Crippen LogP contribution is 2.06. The third-order valence-electron chi connectivity index (χ3n) is 1.40. The first-order chi connectivity index (χ1) is 4.39. The zero-order chi connectivity index (χ0) is 8.36. The van der Waals surface area contributed by atoms with Gasteiger partial charge in [0.1, 0.15) is 0 Å². The molecule has 0 aromatic heterocycles. The minimum atomic E-state index is -3.44. The minimum absolute atomic E-state index is 0.0139. The number of hydrogen-bond acceptors (Lipinski definition) is 3. The molecule has 4 nitrogen and oxygen atoms in total. The zero-order valence-corrected chi connectivity index (χ0v) is 7.06. The van der Waals surface area contributed by atoms with Gasteiger partial charge < -0.3 is 5.73 Å². The van der Waals surface area contributed by atoms with E-state index in [9.17, 15) is 8.42 Å². The van der Waals surface area contributed by atoms with Gasteiger partial charge in [0.05, 0.1) is 5.25 Å². The largest absolute Gasteiger partial charge is 0.329 e. The van der Waals surface area contributed by atoms with Crippen LogP contribution in [-0.2, 0) is 10.0 Å². The van der Waals surface area contributed by atoms with E-state index in [0.717, 1.165) is 0 Å². The summed E-state index contributed by atoms with van der Waals surface area (Å²) in [6.07, 6.45) is 0. The minimum Gasteiger partial charge on any atom is -0.329 e. The normalized spacial score (nSPS) is 15.7. The lowest BCUT2D eigenvalue weighted by molar-refractivity contribution is 0.534. The summed E-state index contributed by atoms with van der Waals surface area (Å²) >= 11 is 0. The van der Waals surface area contributed by atoms with Gasteiger partial charge in [0.2, 0.25) is 10.0 Å². The third kappa shape index (κ3) is 2.64. The van der Waals surface area contributed by atoms with E-state index in [1.807, 2.05) is 0 Å². The second-order valence-corrected chi connectivity index (χ2v) is 4.39. The molecule has 0 heterocycles. The Kier molecular flexibility index (Phi) is 3.27. The molecule has 1 atom stereocenters. The number of rotatable bonds is 3. The average Bonchev–Trinajstić information content (AvgIpc) is 1.60. The second kappa shape index (κ2) is 3.32. The van der Waals surface area contributed by atoms with Crippen LogP contribution in [0.1, 0.15) is 13.8 Å². The van der Waals surface area contributed by atoms with Crippen molar-refractivity contribution in [3.63, 3.8) is 0 Å². The Balaban J connectivity index is 4.38. The molecule has 0 aliphatic heterocycles. The molecule has 10 heavy (non-hydrogen) atoms. The van der Waals surface area contributed by atoms with Gasteiger partial charge in [-0.05, 0) is 5.92 Å². The van der Waals surface area contributed by atoms with E-state index in [0.29, 0.717) is 0 Å². The summed E-state index contributed by atoms with van der Waals surface area (Å²) in [7, 11) is -3.44. The SMILES string of the molecule is CC(C)[C@H](CN)S(N)(=O)=O. The van der Waals surface area contributed by atoms with Crippen molar-refractivity contribution in [2.75, 3.05) is 6.54 Å². The van der Waals surface area contributed by atoms with Crippen molar-refractivity contribution in [2.24, 2.45) is 16.8 Å². The molecule has 62 valence electrons. The van der Waals surface area contributed by atoms with Crippen LogP contribution in [-0.4, -0.2) is 20.2 Å². The quantitative estimate of drug-likeness (QED) is 0.579. The van der Waals surface area contributed by atoms with Gasteiger partial charge >= 0.3 is 0 Å². The van der Waals surface area contributed by atoms with E-state index in [1.54, 1.807) is 13.8 Å². The zero-order valence-electron chi connectivity index (χ0n) is 6.24. The lowest BCUT2D eigenvalue weighted by Crippen LogP contribution is -2.38. The average molecular weight is 166 g/mol. The molecule has 0 aromatic carbocycles. The summed E-state index contributed by atoms with van der Waals surface area (Å²) in [6.45, 7) is 3.65. The van der Waals surface area contributed by atoms with E-state index in [2.05, 4.69) is 0 Å². The van der Waals surface area contributed by atoms with E-state index < -0.39 is 15.3 Å². The first kappa shape index (κ1) is 9.87. The molecular weight excluding hydrogens is 152 g/mol. The molecule has 0 aliphatic carbocycles. The first-order valence-electron chi connectivity index (χ1n) is 3.11. The van der Waals surface area contributed by atoms with E-state index in [-0.39, 0.29) is 12.5 Å². The highest BCUT2D eigenvalue weighted by atomic mass is 32.2. The van der Waals surface area contributed by atoms with Crippen LogP contribution < -0.4 is 10.9 Å². The van der Waals surface area contributed by atoms with Gasteiger partial charge in [-0.3, -0.25) is 0 Å². The van der Waals surface area contributed by atoms with Crippen LogP contribution in [0.25, 0.3) is 0 Å². The third-order valence-corrected chi connectivity index (χ3v) is 2.98. The van der Waals surface area contributed by atoms with Crippen LogP contribution in [0.15, 0.2) is 0 Å². The van der Waals surface area contributed by atoms with Crippen LogP contribution in [0, 0.1) is 5.92 Å².